The highest BCUT2D eigenvalue weighted by Crippen LogP contribution is 2.24. The van der Waals surface area contributed by atoms with Gasteiger partial charge in [-0.15, -0.1) is 0 Å². The quantitative estimate of drug-likeness (QED) is 0.659. The zero-order valence-corrected chi connectivity index (χ0v) is 14.7. The molecule has 1 saturated carbocycles. The van der Waals surface area contributed by atoms with Gasteiger partial charge in [-0.3, -0.25) is 4.79 Å². The number of pyridine rings is 1. The van der Waals surface area contributed by atoms with Crippen molar-refractivity contribution in [1.82, 2.24) is 10.3 Å². The molecule has 23 heavy (non-hydrogen) atoms. The van der Waals surface area contributed by atoms with Gasteiger partial charge in [-0.05, 0) is 31.7 Å². The van der Waals surface area contributed by atoms with Crippen LogP contribution in [0.15, 0.2) is 12.3 Å². The average molecular weight is 359 g/mol. The molecule has 0 unspecified atom stereocenters. The largest absolute Gasteiger partial charge is 0.449 e. The molecule has 2 rings (SSSR count). The van der Waals surface area contributed by atoms with Crippen molar-refractivity contribution < 1.29 is 14.3 Å². The standard InChI is InChI=1S/C16H20Cl2N2O3/c1-9-5-3-4-6-13(9)20-15(21)10(2)23-16(22)11-7-12(17)14(18)19-8-11/h7-10,13H,3-6H2,1-2H3,(H,20,21)/t9-,10+,13-/m0/s1. The number of nitrogens with zero attached hydrogens (tertiary/aromatic N) is 1. The number of aromatic nitrogens is 1. The van der Waals surface area contributed by atoms with Crippen molar-refractivity contribution in [3.63, 3.8) is 0 Å². The summed E-state index contributed by atoms with van der Waals surface area (Å²) in [6.45, 7) is 3.67. The van der Waals surface area contributed by atoms with E-state index in [0.29, 0.717) is 5.92 Å². The minimum absolute atomic E-state index is 0.111. The summed E-state index contributed by atoms with van der Waals surface area (Å²) in [6.07, 6.45) is 4.76. The molecular weight excluding hydrogens is 339 g/mol. The maximum absolute atomic E-state index is 12.2. The first kappa shape index (κ1) is 18.0. The molecule has 1 aromatic heterocycles. The fourth-order valence-corrected chi connectivity index (χ4v) is 2.92. The average Bonchev–Trinajstić information content (AvgIpc) is 2.52. The smallest absolute Gasteiger partial charge is 0.340 e. The van der Waals surface area contributed by atoms with Gasteiger partial charge in [0.15, 0.2) is 6.10 Å². The van der Waals surface area contributed by atoms with E-state index in [1.54, 1.807) is 6.92 Å². The predicted molar refractivity (Wildman–Crippen MR) is 88.7 cm³/mol. The summed E-state index contributed by atoms with van der Waals surface area (Å²) in [5.74, 6) is -0.504. The molecule has 0 radical (unpaired) electrons. The molecular formula is C16H20Cl2N2O3. The molecule has 1 aromatic rings. The van der Waals surface area contributed by atoms with E-state index in [2.05, 4.69) is 17.2 Å². The number of carbonyl (C=O) groups is 2. The van der Waals surface area contributed by atoms with Gasteiger partial charge in [-0.25, -0.2) is 9.78 Å². The van der Waals surface area contributed by atoms with Crippen LogP contribution in [0.4, 0.5) is 0 Å². The molecule has 126 valence electrons. The molecule has 1 aliphatic rings. The van der Waals surface area contributed by atoms with Crippen LogP contribution in [-0.2, 0) is 9.53 Å². The molecule has 1 amide bonds. The SMILES string of the molecule is C[C@@H](OC(=O)c1cnc(Cl)c(Cl)c1)C(=O)N[C@H]1CCCC[C@@H]1C. The Kier molecular flexibility index (Phi) is 6.25. The number of carbonyl (C=O) groups excluding carboxylic acids is 2. The molecule has 7 heteroatoms. The molecule has 0 saturated heterocycles. The van der Waals surface area contributed by atoms with E-state index >= 15 is 0 Å². The maximum atomic E-state index is 12.2. The van der Waals surface area contributed by atoms with E-state index in [9.17, 15) is 9.59 Å². The molecule has 1 aliphatic carbocycles. The summed E-state index contributed by atoms with van der Waals surface area (Å²) in [5, 5.41) is 3.24. The molecule has 0 spiro atoms. The number of hydrogen-bond acceptors (Lipinski definition) is 4. The van der Waals surface area contributed by atoms with E-state index in [0.717, 1.165) is 19.3 Å². The van der Waals surface area contributed by atoms with Crippen LogP contribution in [-0.4, -0.2) is 29.0 Å². The molecule has 0 aliphatic heterocycles. The minimum Gasteiger partial charge on any atom is -0.449 e. The lowest BCUT2D eigenvalue weighted by atomic mass is 9.86. The first-order valence-electron chi connectivity index (χ1n) is 7.71. The van der Waals surface area contributed by atoms with Gasteiger partial charge in [-0.2, -0.15) is 0 Å². The molecule has 1 heterocycles. The number of halogens is 2. The van der Waals surface area contributed by atoms with E-state index in [-0.39, 0.29) is 27.7 Å². The second-order valence-electron chi connectivity index (χ2n) is 5.92. The first-order valence-corrected chi connectivity index (χ1v) is 8.46. The van der Waals surface area contributed by atoms with Crippen LogP contribution in [0.25, 0.3) is 0 Å². The van der Waals surface area contributed by atoms with Crippen LogP contribution in [0.3, 0.4) is 0 Å². The second kappa shape index (κ2) is 7.97. The Morgan fingerprint density at radius 2 is 2.04 bits per heavy atom. The van der Waals surface area contributed by atoms with Crippen molar-refractivity contribution in [2.24, 2.45) is 5.92 Å². The molecule has 0 bridgehead atoms. The Morgan fingerprint density at radius 3 is 2.70 bits per heavy atom. The summed E-state index contributed by atoms with van der Waals surface area (Å²) in [7, 11) is 0. The van der Waals surface area contributed by atoms with Gasteiger partial charge in [0.1, 0.15) is 5.15 Å². The van der Waals surface area contributed by atoms with Gasteiger partial charge < -0.3 is 10.1 Å². The Morgan fingerprint density at radius 1 is 1.35 bits per heavy atom. The third-order valence-corrected chi connectivity index (χ3v) is 4.81. The summed E-state index contributed by atoms with van der Waals surface area (Å²) in [6, 6.07) is 1.51. The van der Waals surface area contributed by atoms with Gasteiger partial charge in [-0.1, -0.05) is 43.0 Å². The van der Waals surface area contributed by atoms with Gasteiger partial charge in [0, 0.05) is 12.2 Å². The Balaban J connectivity index is 1.92. The predicted octanol–water partition coefficient (Wildman–Crippen LogP) is 3.63. The molecule has 0 aromatic carbocycles. The number of esters is 1. The molecule has 3 atom stereocenters. The van der Waals surface area contributed by atoms with E-state index in [4.69, 9.17) is 27.9 Å². The Labute approximate surface area is 145 Å². The fraction of sp³-hybridized carbons (Fsp3) is 0.562. The summed E-state index contributed by atoms with van der Waals surface area (Å²) in [5.41, 5.74) is 0.157. The topological polar surface area (TPSA) is 68.3 Å². The van der Waals surface area contributed by atoms with Crippen molar-refractivity contribution in [1.29, 1.82) is 0 Å². The molecule has 1 N–H and O–H groups in total. The van der Waals surface area contributed by atoms with Crippen molar-refractivity contribution in [3.8, 4) is 0 Å². The minimum atomic E-state index is -0.883. The second-order valence-corrected chi connectivity index (χ2v) is 6.69. The normalized spacial score (nSPS) is 22.3. The number of amides is 1. The highest BCUT2D eigenvalue weighted by molar-refractivity contribution is 6.41. The number of rotatable bonds is 4. The monoisotopic (exact) mass is 358 g/mol. The van der Waals surface area contributed by atoms with Crippen LogP contribution >= 0.6 is 23.2 Å². The molecule has 1 fully saturated rings. The lowest BCUT2D eigenvalue weighted by Crippen LogP contribution is -2.46. The summed E-state index contributed by atoms with van der Waals surface area (Å²) >= 11 is 11.5. The zero-order valence-electron chi connectivity index (χ0n) is 13.1. The van der Waals surface area contributed by atoms with Gasteiger partial charge in [0.05, 0.1) is 10.6 Å². The zero-order chi connectivity index (χ0) is 17.0. The first-order chi connectivity index (χ1) is 10.9. The fourth-order valence-electron chi connectivity index (χ4n) is 2.65. The Bertz CT molecular complexity index is 595. The third-order valence-electron chi connectivity index (χ3n) is 4.12. The lowest BCUT2D eigenvalue weighted by molar-refractivity contribution is -0.130. The van der Waals surface area contributed by atoms with Crippen LogP contribution < -0.4 is 5.32 Å². The van der Waals surface area contributed by atoms with Crippen molar-refractivity contribution in [2.45, 2.75) is 51.7 Å². The van der Waals surface area contributed by atoms with Crippen LogP contribution in [0.2, 0.25) is 10.2 Å². The van der Waals surface area contributed by atoms with E-state index in [1.165, 1.54) is 18.7 Å². The van der Waals surface area contributed by atoms with Crippen molar-refractivity contribution >= 4 is 35.1 Å². The van der Waals surface area contributed by atoms with Crippen LogP contribution in [0.1, 0.15) is 49.9 Å². The van der Waals surface area contributed by atoms with Gasteiger partial charge in [0.25, 0.3) is 5.91 Å². The van der Waals surface area contributed by atoms with E-state index in [1.807, 2.05) is 0 Å². The van der Waals surface area contributed by atoms with Crippen LogP contribution in [0, 0.1) is 5.92 Å². The number of hydrogen-bond donors (Lipinski definition) is 1. The number of nitrogens with one attached hydrogen (secondary N) is 1. The van der Waals surface area contributed by atoms with Gasteiger partial charge in [0.2, 0.25) is 0 Å². The summed E-state index contributed by atoms with van der Waals surface area (Å²) in [4.78, 5) is 28.0. The maximum Gasteiger partial charge on any atom is 0.340 e. The highest BCUT2D eigenvalue weighted by Gasteiger charge is 2.26. The summed E-state index contributed by atoms with van der Waals surface area (Å²) < 4.78 is 5.18. The van der Waals surface area contributed by atoms with Crippen molar-refractivity contribution in [2.75, 3.05) is 0 Å². The lowest BCUT2D eigenvalue weighted by Gasteiger charge is -2.30. The third kappa shape index (κ3) is 4.82. The molecule has 5 nitrogen and oxygen atoms in total. The number of ether oxygens (including phenoxy) is 1. The van der Waals surface area contributed by atoms with E-state index < -0.39 is 12.1 Å². The Hall–Kier alpha value is -1.33. The van der Waals surface area contributed by atoms with Crippen LogP contribution in [0.5, 0.6) is 0 Å². The highest BCUT2D eigenvalue weighted by atomic mass is 35.5. The van der Waals surface area contributed by atoms with Crippen molar-refractivity contribution in [3.05, 3.63) is 28.0 Å². The van der Waals surface area contributed by atoms with Gasteiger partial charge >= 0.3 is 5.97 Å².